The SMILES string of the molecule is CC(=O)N1CC(F)(F)CC1c1nc(C(=O)NCc2ccc(F)cc2)c(CO)c(=O)[nH]1. The average Bonchev–Trinajstić information content (AvgIpc) is 3.02. The van der Waals surface area contributed by atoms with E-state index in [2.05, 4.69) is 15.3 Å². The molecule has 1 unspecified atom stereocenters. The van der Waals surface area contributed by atoms with E-state index in [0.717, 1.165) is 11.8 Å². The van der Waals surface area contributed by atoms with Crippen LogP contribution in [0, 0.1) is 5.82 Å². The Hall–Kier alpha value is -3.21. The Morgan fingerprint density at radius 1 is 1.33 bits per heavy atom. The van der Waals surface area contributed by atoms with Crippen molar-refractivity contribution in [2.45, 2.75) is 38.5 Å². The van der Waals surface area contributed by atoms with E-state index in [9.17, 15) is 32.7 Å². The number of hydrogen-bond donors (Lipinski definition) is 3. The van der Waals surface area contributed by atoms with Gasteiger partial charge in [-0.05, 0) is 17.7 Å². The molecule has 3 rings (SSSR count). The zero-order valence-corrected chi connectivity index (χ0v) is 15.9. The molecule has 30 heavy (non-hydrogen) atoms. The van der Waals surface area contributed by atoms with Gasteiger partial charge in [-0.3, -0.25) is 14.4 Å². The summed E-state index contributed by atoms with van der Waals surface area (Å²) < 4.78 is 40.7. The summed E-state index contributed by atoms with van der Waals surface area (Å²) in [5, 5.41) is 12.0. The van der Waals surface area contributed by atoms with Crippen LogP contribution in [0.1, 0.15) is 46.8 Å². The highest BCUT2D eigenvalue weighted by Crippen LogP contribution is 2.39. The van der Waals surface area contributed by atoms with Crippen LogP contribution in [0.5, 0.6) is 0 Å². The molecule has 0 radical (unpaired) electrons. The molecule has 2 amide bonds. The van der Waals surface area contributed by atoms with E-state index in [4.69, 9.17) is 0 Å². The summed E-state index contributed by atoms with van der Waals surface area (Å²) in [5.41, 5.74) is -1.07. The number of aliphatic hydroxyl groups is 1. The Morgan fingerprint density at radius 3 is 2.60 bits per heavy atom. The minimum Gasteiger partial charge on any atom is -0.391 e. The molecule has 1 aliphatic heterocycles. The molecule has 1 atom stereocenters. The van der Waals surface area contributed by atoms with E-state index >= 15 is 0 Å². The molecule has 2 heterocycles. The maximum Gasteiger partial charge on any atom is 0.270 e. The lowest BCUT2D eigenvalue weighted by Gasteiger charge is -2.22. The normalized spacial score (nSPS) is 17.8. The Balaban J connectivity index is 1.91. The van der Waals surface area contributed by atoms with Gasteiger partial charge >= 0.3 is 0 Å². The van der Waals surface area contributed by atoms with Crippen molar-refractivity contribution in [1.29, 1.82) is 0 Å². The smallest absolute Gasteiger partial charge is 0.270 e. The molecule has 8 nitrogen and oxygen atoms in total. The first-order valence-corrected chi connectivity index (χ1v) is 9.03. The van der Waals surface area contributed by atoms with Crippen molar-refractivity contribution in [3.05, 3.63) is 63.1 Å². The van der Waals surface area contributed by atoms with Crippen LogP contribution in [0.2, 0.25) is 0 Å². The molecule has 1 aromatic carbocycles. The quantitative estimate of drug-likeness (QED) is 0.669. The topological polar surface area (TPSA) is 115 Å². The fraction of sp³-hybridized carbons (Fsp3) is 0.368. The summed E-state index contributed by atoms with van der Waals surface area (Å²) >= 11 is 0. The summed E-state index contributed by atoms with van der Waals surface area (Å²) in [6.07, 6.45) is -0.759. The first kappa shape index (κ1) is 21.5. The van der Waals surface area contributed by atoms with E-state index in [0.29, 0.717) is 5.56 Å². The van der Waals surface area contributed by atoms with E-state index < -0.39 is 60.4 Å². The molecule has 0 aliphatic carbocycles. The predicted molar refractivity (Wildman–Crippen MR) is 98.0 cm³/mol. The second-order valence-electron chi connectivity index (χ2n) is 6.97. The average molecular weight is 424 g/mol. The number of aromatic amines is 1. The van der Waals surface area contributed by atoms with Crippen LogP contribution in [0.25, 0.3) is 0 Å². The van der Waals surface area contributed by atoms with E-state index in [-0.39, 0.29) is 17.9 Å². The van der Waals surface area contributed by atoms with Crippen LogP contribution in [0.15, 0.2) is 29.1 Å². The summed E-state index contributed by atoms with van der Waals surface area (Å²) in [6.45, 7) is -0.538. The molecule has 1 aromatic heterocycles. The number of hydrogen-bond acceptors (Lipinski definition) is 5. The molecule has 1 fully saturated rings. The van der Waals surface area contributed by atoms with Crippen molar-refractivity contribution >= 4 is 11.8 Å². The van der Waals surface area contributed by atoms with Crippen molar-refractivity contribution in [1.82, 2.24) is 20.2 Å². The third-order valence-corrected chi connectivity index (χ3v) is 4.76. The number of alkyl halides is 2. The number of likely N-dealkylation sites (tertiary alicyclic amines) is 1. The lowest BCUT2D eigenvalue weighted by Crippen LogP contribution is -2.34. The molecule has 0 bridgehead atoms. The molecule has 1 aliphatic rings. The zero-order valence-electron chi connectivity index (χ0n) is 15.9. The molecular formula is C19H19F3N4O4. The second-order valence-corrected chi connectivity index (χ2v) is 6.97. The first-order chi connectivity index (χ1) is 14.1. The van der Waals surface area contributed by atoms with E-state index in [1.54, 1.807) is 0 Å². The number of carbonyl (C=O) groups is 2. The van der Waals surface area contributed by atoms with Crippen LogP contribution < -0.4 is 10.9 Å². The Bertz CT molecular complexity index is 1020. The number of amides is 2. The summed E-state index contributed by atoms with van der Waals surface area (Å²) in [6, 6.07) is 4.10. The van der Waals surface area contributed by atoms with Gasteiger partial charge in [0.1, 0.15) is 17.3 Å². The summed E-state index contributed by atoms with van der Waals surface area (Å²) in [7, 11) is 0. The maximum atomic E-state index is 13.9. The van der Waals surface area contributed by atoms with Crippen LogP contribution in [0.4, 0.5) is 13.2 Å². The molecule has 0 saturated carbocycles. The zero-order chi connectivity index (χ0) is 22.1. The van der Waals surface area contributed by atoms with E-state index in [1.807, 2.05) is 0 Å². The van der Waals surface area contributed by atoms with Gasteiger partial charge < -0.3 is 20.3 Å². The molecule has 0 spiro atoms. The fourth-order valence-electron chi connectivity index (χ4n) is 3.27. The van der Waals surface area contributed by atoms with Crippen molar-refractivity contribution in [2.75, 3.05) is 6.54 Å². The molecule has 3 N–H and O–H groups in total. The third-order valence-electron chi connectivity index (χ3n) is 4.76. The van der Waals surface area contributed by atoms with Gasteiger partial charge in [0.05, 0.1) is 24.8 Å². The summed E-state index contributed by atoms with van der Waals surface area (Å²) in [5.74, 6) is -5.34. The minimum atomic E-state index is -3.17. The van der Waals surface area contributed by atoms with Crippen molar-refractivity contribution < 1.29 is 27.9 Å². The molecule has 1 saturated heterocycles. The number of carbonyl (C=O) groups excluding carboxylic acids is 2. The van der Waals surface area contributed by atoms with Gasteiger partial charge in [-0.2, -0.15) is 0 Å². The van der Waals surface area contributed by atoms with Crippen molar-refractivity contribution in [2.24, 2.45) is 0 Å². The number of aliphatic hydroxyl groups excluding tert-OH is 1. The highest BCUT2D eigenvalue weighted by atomic mass is 19.3. The van der Waals surface area contributed by atoms with Gasteiger partial charge in [0.25, 0.3) is 17.4 Å². The van der Waals surface area contributed by atoms with Crippen LogP contribution in [0.3, 0.4) is 0 Å². The number of halogens is 3. The number of benzene rings is 1. The second kappa shape index (κ2) is 8.27. The van der Waals surface area contributed by atoms with Gasteiger partial charge in [-0.15, -0.1) is 0 Å². The van der Waals surface area contributed by atoms with Gasteiger partial charge in [0.2, 0.25) is 5.91 Å². The van der Waals surface area contributed by atoms with Gasteiger partial charge in [-0.25, -0.2) is 18.2 Å². The molecule has 11 heteroatoms. The van der Waals surface area contributed by atoms with Gasteiger partial charge in [-0.1, -0.05) is 12.1 Å². The summed E-state index contributed by atoms with van der Waals surface area (Å²) in [4.78, 5) is 43.8. The maximum absolute atomic E-state index is 13.9. The monoisotopic (exact) mass is 424 g/mol. The van der Waals surface area contributed by atoms with Crippen molar-refractivity contribution in [3.8, 4) is 0 Å². The Kier molecular flexibility index (Phi) is 5.92. The first-order valence-electron chi connectivity index (χ1n) is 9.03. The molecular weight excluding hydrogens is 405 g/mol. The van der Waals surface area contributed by atoms with Gasteiger partial charge in [0.15, 0.2) is 0 Å². The van der Waals surface area contributed by atoms with E-state index in [1.165, 1.54) is 24.3 Å². The largest absolute Gasteiger partial charge is 0.391 e. The van der Waals surface area contributed by atoms with Crippen molar-refractivity contribution in [3.63, 3.8) is 0 Å². The van der Waals surface area contributed by atoms with Gasteiger partial charge in [0, 0.05) is 19.9 Å². The van der Waals surface area contributed by atoms with Crippen LogP contribution in [-0.2, 0) is 17.9 Å². The fourth-order valence-corrected chi connectivity index (χ4v) is 3.27. The number of aromatic nitrogens is 2. The Morgan fingerprint density at radius 2 is 2.00 bits per heavy atom. The predicted octanol–water partition coefficient (Wildman–Crippen LogP) is 1.26. The highest BCUT2D eigenvalue weighted by Gasteiger charge is 2.48. The Labute approximate surface area is 168 Å². The third kappa shape index (κ3) is 4.51. The van der Waals surface area contributed by atoms with Crippen LogP contribution >= 0.6 is 0 Å². The standard InChI is InChI=1S/C19H19F3N4O4/c1-10(28)26-9-19(21,22)6-14(26)16-24-15(13(8-27)17(29)25-16)18(30)23-7-11-2-4-12(20)5-3-11/h2-5,14,27H,6-9H2,1H3,(H,23,30)(H,24,25,29). The number of H-pyrrole nitrogens is 1. The number of nitrogens with zero attached hydrogens (tertiary/aromatic N) is 2. The number of nitrogens with one attached hydrogen (secondary N) is 2. The highest BCUT2D eigenvalue weighted by molar-refractivity contribution is 5.93. The van der Waals surface area contributed by atoms with Crippen LogP contribution in [-0.4, -0.2) is 44.3 Å². The lowest BCUT2D eigenvalue weighted by molar-refractivity contribution is -0.131. The molecule has 160 valence electrons. The lowest BCUT2D eigenvalue weighted by atomic mass is 10.1. The number of rotatable bonds is 5. The molecule has 2 aromatic rings. The minimum absolute atomic E-state index is 0.0190.